The van der Waals surface area contributed by atoms with Crippen molar-refractivity contribution in [2.45, 2.75) is 26.3 Å². The Bertz CT molecular complexity index is 198. The highest BCUT2D eigenvalue weighted by Gasteiger charge is 2.31. The van der Waals surface area contributed by atoms with E-state index in [0.29, 0.717) is 19.0 Å². The molecule has 1 rings (SSSR count). The lowest BCUT2D eigenvalue weighted by Crippen LogP contribution is -2.58. The molecule has 3 N–H and O–H groups in total. The molecule has 1 unspecified atom stereocenters. The highest BCUT2D eigenvalue weighted by molar-refractivity contribution is 5.75. The van der Waals surface area contributed by atoms with Crippen LogP contribution in [-0.4, -0.2) is 36.1 Å². The smallest absolute Gasteiger partial charge is 0.317 e. The first kappa shape index (κ1) is 10.3. The molecule has 0 aromatic heterocycles. The summed E-state index contributed by atoms with van der Waals surface area (Å²) in [6.45, 7) is 8.21. The van der Waals surface area contributed by atoms with Crippen molar-refractivity contribution in [3.8, 4) is 0 Å². The first-order valence-corrected chi connectivity index (χ1v) is 4.70. The van der Waals surface area contributed by atoms with Crippen LogP contribution in [0.1, 0.15) is 20.8 Å². The van der Waals surface area contributed by atoms with Crippen LogP contribution < -0.4 is 11.1 Å². The molecule has 0 saturated carbocycles. The fourth-order valence-electron chi connectivity index (χ4n) is 1.47. The van der Waals surface area contributed by atoms with Gasteiger partial charge in [0, 0.05) is 24.5 Å². The van der Waals surface area contributed by atoms with E-state index < -0.39 is 0 Å². The molecule has 4 nitrogen and oxygen atoms in total. The number of carbonyl (C=O) groups excluding carboxylic acids is 1. The van der Waals surface area contributed by atoms with Crippen LogP contribution in [-0.2, 0) is 0 Å². The number of hydrogen-bond donors (Lipinski definition) is 2. The van der Waals surface area contributed by atoms with Gasteiger partial charge in [-0.05, 0) is 27.3 Å². The number of amides is 2. The van der Waals surface area contributed by atoms with E-state index in [1.54, 1.807) is 0 Å². The van der Waals surface area contributed by atoms with Crippen LogP contribution in [0.3, 0.4) is 0 Å². The van der Waals surface area contributed by atoms with E-state index in [4.69, 9.17) is 5.73 Å². The molecule has 1 aliphatic heterocycles. The number of nitrogens with one attached hydrogen (secondary N) is 1. The Labute approximate surface area is 79.5 Å². The fraction of sp³-hybridized carbons (Fsp3) is 0.889. The van der Waals surface area contributed by atoms with Gasteiger partial charge in [-0.2, -0.15) is 0 Å². The molecule has 0 aromatic carbocycles. The summed E-state index contributed by atoms with van der Waals surface area (Å²) < 4.78 is 0. The third kappa shape index (κ3) is 2.34. The van der Waals surface area contributed by atoms with Crippen LogP contribution in [0.4, 0.5) is 4.79 Å². The fourth-order valence-corrected chi connectivity index (χ4v) is 1.47. The summed E-state index contributed by atoms with van der Waals surface area (Å²) in [6, 6.07) is 0.0252. The van der Waals surface area contributed by atoms with Gasteiger partial charge in [-0.25, -0.2) is 4.79 Å². The van der Waals surface area contributed by atoms with Gasteiger partial charge in [0.25, 0.3) is 0 Å². The van der Waals surface area contributed by atoms with Gasteiger partial charge < -0.3 is 16.0 Å². The summed E-state index contributed by atoms with van der Waals surface area (Å²) in [4.78, 5) is 13.3. The SMILES string of the molecule is CC(C)(C)N1CC(CN)CNC1=O. The molecular weight excluding hydrogens is 166 g/mol. The Balaban J connectivity index is 2.66. The monoisotopic (exact) mass is 185 g/mol. The Kier molecular flexibility index (Phi) is 2.81. The molecular formula is C9H19N3O. The van der Waals surface area contributed by atoms with Crippen LogP contribution in [0, 0.1) is 5.92 Å². The molecule has 0 spiro atoms. The second-order valence-corrected chi connectivity index (χ2v) is 4.57. The highest BCUT2D eigenvalue weighted by Crippen LogP contribution is 2.17. The van der Waals surface area contributed by atoms with Gasteiger partial charge in [-0.15, -0.1) is 0 Å². The lowest BCUT2D eigenvalue weighted by atomic mass is 10.0. The standard InChI is InChI=1S/C9H19N3O/c1-9(2,3)12-6-7(4-10)5-11-8(12)13/h7H,4-6,10H2,1-3H3,(H,11,13). The van der Waals surface area contributed by atoms with Crippen molar-refractivity contribution < 1.29 is 4.79 Å². The zero-order valence-electron chi connectivity index (χ0n) is 8.63. The molecule has 0 aromatic rings. The molecule has 1 fully saturated rings. The highest BCUT2D eigenvalue weighted by atomic mass is 16.2. The summed E-state index contributed by atoms with van der Waals surface area (Å²) >= 11 is 0. The van der Waals surface area contributed by atoms with Gasteiger partial charge in [0.1, 0.15) is 0 Å². The van der Waals surface area contributed by atoms with Crippen molar-refractivity contribution >= 4 is 6.03 Å². The number of nitrogens with zero attached hydrogens (tertiary/aromatic N) is 1. The van der Waals surface area contributed by atoms with E-state index in [1.807, 2.05) is 25.7 Å². The summed E-state index contributed by atoms with van der Waals surface area (Å²) in [7, 11) is 0. The van der Waals surface area contributed by atoms with Gasteiger partial charge in [-0.3, -0.25) is 0 Å². The molecule has 0 bridgehead atoms. The molecule has 1 heterocycles. The molecule has 4 heteroatoms. The predicted octanol–water partition coefficient (Wildman–Crippen LogP) is 0.385. The Morgan fingerprint density at radius 2 is 2.23 bits per heavy atom. The average Bonchev–Trinajstić information content (AvgIpc) is 2.03. The molecule has 0 aliphatic carbocycles. The third-order valence-electron chi connectivity index (χ3n) is 2.37. The van der Waals surface area contributed by atoms with Crippen molar-refractivity contribution in [2.24, 2.45) is 11.7 Å². The third-order valence-corrected chi connectivity index (χ3v) is 2.37. The van der Waals surface area contributed by atoms with Gasteiger partial charge >= 0.3 is 6.03 Å². The number of nitrogens with two attached hydrogens (primary N) is 1. The average molecular weight is 185 g/mol. The van der Waals surface area contributed by atoms with Crippen LogP contribution in [0.5, 0.6) is 0 Å². The largest absolute Gasteiger partial charge is 0.338 e. The van der Waals surface area contributed by atoms with E-state index in [9.17, 15) is 4.79 Å². The van der Waals surface area contributed by atoms with E-state index in [1.165, 1.54) is 0 Å². The van der Waals surface area contributed by atoms with Crippen LogP contribution in [0.25, 0.3) is 0 Å². The minimum Gasteiger partial charge on any atom is -0.338 e. The maximum absolute atomic E-state index is 11.5. The Morgan fingerprint density at radius 1 is 1.62 bits per heavy atom. The Morgan fingerprint density at radius 3 is 2.69 bits per heavy atom. The summed E-state index contributed by atoms with van der Waals surface area (Å²) in [5.41, 5.74) is 5.46. The quantitative estimate of drug-likeness (QED) is 0.620. The van der Waals surface area contributed by atoms with E-state index in [2.05, 4.69) is 5.32 Å². The minimum absolute atomic E-state index is 0.0252. The first-order valence-electron chi connectivity index (χ1n) is 4.70. The topological polar surface area (TPSA) is 58.4 Å². The number of hydrogen-bond acceptors (Lipinski definition) is 2. The van der Waals surface area contributed by atoms with Crippen LogP contribution in [0.15, 0.2) is 0 Å². The van der Waals surface area contributed by atoms with Gasteiger partial charge in [0.2, 0.25) is 0 Å². The maximum atomic E-state index is 11.5. The number of rotatable bonds is 1. The molecule has 76 valence electrons. The van der Waals surface area contributed by atoms with E-state index in [0.717, 1.165) is 6.54 Å². The Hall–Kier alpha value is -0.770. The van der Waals surface area contributed by atoms with Crippen molar-refractivity contribution in [1.29, 1.82) is 0 Å². The zero-order valence-corrected chi connectivity index (χ0v) is 8.63. The second kappa shape index (κ2) is 3.54. The molecule has 0 radical (unpaired) electrons. The molecule has 13 heavy (non-hydrogen) atoms. The van der Waals surface area contributed by atoms with E-state index in [-0.39, 0.29) is 11.6 Å². The van der Waals surface area contributed by atoms with Crippen molar-refractivity contribution in [3.63, 3.8) is 0 Å². The number of carbonyl (C=O) groups is 1. The van der Waals surface area contributed by atoms with Crippen molar-refractivity contribution in [2.75, 3.05) is 19.6 Å². The molecule has 2 amide bonds. The first-order chi connectivity index (χ1) is 5.95. The van der Waals surface area contributed by atoms with Gasteiger partial charge in [-0.1, -0.05) is 0 Å². The summed E-state index contributed by atoms with van der Waals surface area (Å²) in [5, 5.41) is 2.85. The number of urea groups is 1. The lowest BCUT2D eigenvalue weighted by molar-refractivity contribution is 0.112. The summed E-state index contributed by atoms with van der Waals surface area (Å²) in [5.74, 6) is 0.386. The molecule has 1 atom stereocenters. The maximum Gasteiger partial charge on any atom is 0.317 e. The predicted molar refractivity (Wildman–Crippen MR) is 52.4 cm³/mol. The van der Waals surface area contributed by atoms with Gasteiger partial charge in [0.15, 0.2) is 0 Å². The van der Waals surface area contributed by atoms with Gasteiger partial charge in [0.05, 0.1) is 0 Å². The van der Waals surface area contributed by atoms with Crippen molar-refractivity contribution in [1.82, 2.24) is 10.2 Å². The van der Waals surface area contributed by atoms with E-state index >= 15 is 0 Å². The van der Waals surface area contributed by atoms with Crippen molar-refractivity contribution in [3.05, 3.63) is 0 Å². The minimum atomic E-state index is -0.113. The summed E-state index contributed by atoms with van der Waals surface area (Å²) in [6.07, 6.45) is 0. The lowest BCUT2D eigenvalue weighted by Gasteiger charge is -2.41. The normalized spacial score (nSPS) is 24.5. The van der Waals surface area contributed by atoms with Crippen LogP contribution in [0.2, 0.25) is 0 Å². The van der Waals surface area contributed by atoms with Crippen LogP contribution >= 0.6 is 0 Å². The zero-order chi connectivity index (χ0) is 10.1. The molecule has 1 aliphatic rings. The molecule has 1 saturated heterocycles. The second-order valence-electron chi connectivity index (χ2n) is 4.57.